The molecule has 90 valence electrons. The summed E-state index contributed by atoms with van der Waals surface area (Å²) in [6.07, 6.45) is 0.553. The Labute approximate surface area is 105 Å². The van der Waals surface area contributed by atoms with Gasteiger partial charge in [0.1, 0.15) is 11.4 Å². The fraction of sp³-hybridized carbons (Fsp3) is 0.286. The van der Waals surface area contributed by atoms with Crippen molar-refractivity contribution in [3.63, 3.8) is 0 Å². The van der Waals surface area contributed by atoms with E-state index < -0.39 is 5.60 Å². The van der Waals surface area contributed by atoms with Gasteiger partial charge in [-0.15, -0.1) is 11.3 Å². The number of methoxy groups -OCH3 is 1. The molecule has 2 rings (SSSR count). The number of para-hydroxylation sites is 1. The first kappa shape index (κ1) is 12.1. The van der Waals surface area contributed by atoms with E-state index in [1.807, 2.05) is 48.7 Å². The molecule has 2 nitrogen and oxygen atoms in total. The number of hydrogen-bond acceptors (Lipinski definition) is 3. The molecule has 0 fully saturated rings. The standard InChI is InChI=1S/C14H16O2S/c1-14(15,13-8-5-9-17-13)10-11-6-3-4-7-12(11)16-2/h3-9,15H,10H2,1-2H3. The van der Waals surface area contributed by atoms with Crippen LogP contribution in [0.1, 0.15) is 17.4 Å². The lowest BCUT2D eigenvalue weighted by Gasteiger charge is -2.23. The fourth-order valence-electron chi connectivity index (χ4n) is 1.89. The van der Waals surface area contributed by atoms with Gasteiger partial charge < -0.3 is 9.84 Å². The van der Waals surface area contributed by atoms with Crippen LogP contribution in [0.2, 0.25) is 0 Å². The van der Waals surface area contributed by atoms with Gasteiger partial charge in [-0.05, 0) is 30.0 Å². The van der Waals surface area contributed by atoms with Crippen molar-refractivity contribution in [1.29, 1.82) is 0 Å². The quantitative estimate of drug-likeness (QED) is 0.900. The van der Waals surface area contributed by atoms with Crippen LogP contribution in [0.4, 0.5) is 0 Å². The Balaban J connectivity index is 2.26. The highest BCUT2D eigenvalue weighted by Gasteiger charge is 2.25. The smallest absolute Gasteiger partial charge is 0.122 e. The number of thiophene rings is 1. The highest BCUT2D eigenvalue weighted by molar-refractivity contribution is 7.10. The Morgan fingerprint density at radius 3 is 2.65 bits per heavy atom. The zero-order chi connectivity index (χ0) is 12.3. The van der Waals surface area contributed by atoms with Gasteiger partial charge in [0.25, 0.3) is 0 Å². The van der Waals surface area contributed by atoms with Gasteiger partial charge in [0.15, 0.2) is 0 Å². The van der Waals surface area contributed by atoms with E-state index in [-0.39, 0.29) is 0 Å². The van der Waals surface area contributed by atoms with Crippen molar-refractivity contribution < 1.29 is 9.84 Å². The lowest BCUT2D eigenvalue weighted by molar-refractivity contribution is 0.0608. The average molecular weight is 248 g/mol. The van der Waals surface area contributed by atoms with Crippen molar-refractivity contribution in [1.82, 2.24) is 0 Å². The number of ether oxygens (including phenoxy) is 1. The first-order chi connectivity index (χ1) is 8.13. The number of aliphatic hydroxyl groups is 1. The number of rotatable bonds is 4. The maximum absolute atomic E-state index is 10.5. The van der Waals surface area contributed by atoms with E-state index >= 15 is 0 Å². The molecule has 1 heterocycles. The van der Waals surface area contributed by atoms with E-state index in [0.717, 1.165) is 16.2 Å². The Hall–Kier alpha value is -1.32. The summed E-state index contributed by atoms with van der Waals surface area (Å²) in [5, 5.41) is 12.5. The van der Waals surface area contributed by atoms with Gasteiger partial charge in [0, 0.05) is 11.3 Å². The van der Waals surface area contributed by atoms with Crippen molar-refractivity contribution >= 4 is 11.3 Å². The molecule has 3 heteroatoms. The monoisotopic (exact) mass is 248 g/mol. The van der Waals surface area contributed by atoms with Gasteiger partial charge in [0.2, 0.25) is 0 Å². The lowest BCUT2D eigenvalue weighted by Crippen LogP contribution is -2.23. The van der Waals surface area contributed by atoms with Crippen LogP contribution < -0.4 is 4.74 Å². The maximum atomic E-state index is 10.5. The summed E-state index contributed by atoms with van der Waals surface area (Å²) in [6.45, 7) is 1.84. The second kappa shape index (κ2) is 4.90. The molecule has 1 N–H and O–H groups in total. The van der Waals surface area contributed by atoms with Crippen LogP contribution >= 0.6 is 11.3 Å². The molecule has 0 aliphatic rings. The van der Waals surface area contributed by atoms with Crippen LogP contribution in [-0.4, -0.2) is 12.2 Å². The zero-order valence-electron chi connectivity index (χ0n) is 10.0. The molecule has 1 aromatic carbocycles. The van der Waals surface area contributed by atoms with Crippen LogP contribution in [0.15, 0.2) is 41.8 Å². The third-order valence-corrected chi connectivity index (χ3v) is 3.90. The molecule has 0 saturated heterocycles. The summed E-state index contributed by atoms with van der Waals surface area (Å²) >= 11 is 1.57. The summed E-state index contributed by atoms with van der Waals surface area (Å²) < 4.78 is 5.30. The molecule has 0 spiro atoms. The molecule has 0 saturated carbocycles. The first-order valence-electron chi connectivity index (χ1n) is 5.52. The van der Waals surface area contributed by atoms with E-state index in [1.165, 1.54) is 0 Å². The van der Waals surface area contributed by atoms with Crippen LogP contribution in [0.3, 0.4) is 0 Å². The predicted octanol–water partition coefficient (Wildman–Crippen LogP) is 3.21. The highest BCUT2D eigenvalue weighted by Crippen LogP contribution is 2.31. The van der Waals surface area contributed by atoms with Crippen molar-refractivity contribution in [2.24, 2.45) is 0 Å². The van der Waals surface area contributed by atoms with Crippen LogP contribution in [-0.2, 0) is 12.0 Å². The van der Waals surface area contributed by atoms with Crippen LogP contribution in [0.5, 0.6) is 5.75 Å². The molecule has 0 bridgehead atoms. The molecule has 17 heavy (non-hydrogen) atoms. The molecule has 0 radical (unpaired) electrons. The maximum Gasteiger partial charge on any atom is 0.122 e. The summed E-state index contributed by atoms with van der Waals surface area (Å²) in [5.41, 5.74) is 0.177. The van der Waals surface area contributed by atoms with E-state index in [0.29, 0.717) is 6.42 Å². The third kappa shape index (κ3) is 2.68. The van der Waals surface area contributed by atoms with Gasteiger partial charge in [-0.3, -0.25) is 0 Å². The van der Waals surface area contributed by atoms with Gasteiger partial charge in [-0.1, -0.05) is 24.3 Å². The molecule has 0 aliphatic heterocycles. The second-order valence-corrected chi connectivity index (χ2v) is 5.19. The Bertz CT molecular complexity index is 475. The molecule has 0 amide bonds. The second-order valence-electron chi connectivity index (χ2n) is 4.24. The largest absolute Gasteiger partial charge is 0.496 e. The lowest BCUT2D eigenvalue weighted by atomic mass is 9.94. The Morgan fingerprint density at radius 2 is 2.00 bits per heavy atom. The summed E-state index contributed by atoms with van der Waals surface area (Å²) in [4.78, 5) is 0.975. The van der Waals surface area contributed by atoms with Gasteiger partial charge in [-0.25, -0.2) is 0 Å². The SMILES string of the molecule is COc1ccccc1CC(C)(O)c1cccs1. The Kier molecular flexibility index (Phi) is 3.50. The molecule has 1 unspecified atom stereocenters. The van der Waals surface area contributed by atoms with Crippen LogP contribution in [0.25, 0.3) is 0 Å². The molecule has 1 atom stereocenters. The average Bonchev–Trinajstić information content (AvgIpc) is 2.83. The van der Waals surface area contributed by atoms with E-state index in [2.05, 4.69) is 0 Å². The minimum Gasteiger partial charge on any atom is -0.496 e. The normalized spacial score (nSPS) is 14.3. The van der Waals surface area contributed by atoms with Crippen molar-refractivity contribution in [3.8, 4) is 5.75 Å². The topological polar surface area (TPSA) is 29.5 Å². The minimum absolute atomic E-state index is 0.553. The van der Waals surface area contributed by atoms with Crippen LogP contribution in [0, 0.1) is 0 Å². The first-order valence-corrected chi connectivity index (χ1v) is 6.40. The van der Waals surface area contributed by atoms with E-state index in [9.17, 15) is 5.11 Å². The van der Waals surface area contributed by atoms with Gasteiger partial charge >= 0.3 is 0 Å². The summed E-state index contributed by atoms with van der Waals surface area (Å²) in [7, 11) is 1.65. The molecule has 0 aliphatic carbocycles. The minimum atomic E-state index is -0.844. The highest BCUT2D eigenvalue weighted by atomic mass is 32.1. The van der Waals surface area contributed by atoms with Gasteiger partial charge in [0.05, 0.1) is 7.11 Å². The third-order valence-electron chi connectivity index (χ3n) is 2.78. The van der Waals surface area contributed by atoms with Crippen molar-refractivity contribution in [2.45, 2.75) is 18.9 Å². The fourth-order valence-corrected chi connectivity index (χ4v) is 2.68. The van der Waals surface area contributed by atoms with Crippen molar-refractivity contribution in [2.75, 3.05) is 7.11 Å². The number of hydrogen-bond donors (Lipinski definition) is 1. The van der Waals surface area contributed by atoms with E-state index in [4.69, 9.17) is 4.74 Å². The zero-order valence-corrected chi connectivity index (χ0v) is 10.8. The number of benzene rings is 1. The Morgan fingerprint density at radius 1 is 1.24 bits per heavy atom. The summed E-state index contributed by atoms with van der Waals surface area (Å²) in [6, 6.07) is 11.7. The summed E-state index contributed by atoms with van der Waals surface area (Å²) in [5.74, 6) is 0.823. The van der Waals surface area contributed by atoms with Crippen molar-refractivity contribution in [3.05, 3.63) is 52.2 Å². The predicted molar refractivity (Wildman–Crippen MR) is 70.6 cm³/mol. The van der Waals surface area contributed by atoms with E-state index in [1.54, 1.807) is 18.4 Å². The van der Waals surface area contributed by atoms with Gasteiger partial charge in [-0.2, -0.15) is 0 Å². The molecular formula is C14H16O2S. The molecule has 2 aromatic rings. The molecule has 1 aromatic heterocycles. The molecular weight excluding hydrogens is 232 g/mol.